The number of carbonyl (C=O) groups is 1. The second kappa shape index (κ2) is 6.94. The Hall–Kier alpha value is -2.20. The summed E-state index contributed by atoms with van der Waals surface area (Å²) >= 11 is 2.37. The van der Waals surface area contributed by atoms with Crippen molar-refractivity contribution < 1.29 is 34.0 Å². The number of fused-ring (bicyclic) bond motifs is 3. The Balaban J connectivity index is 1.75. The summed E-state index contributed by atoms with van der Waals surface area (Å²) in [5, 5.41) is 20.0. The van der Waals surface area contributed by atoms with Gasteiger partial charge >= 0.3 is 5.97 Å². The van der Waals surface area contributed by atoms with E-state index in [4.69, 9.17) is 18.9 Å². The second-order valence-electron chi connectivity index (χ2n) is 7.42. The van der Waals surface area contributed by atoms with E-state index in [1.165, 1.54) is 7.11 Å². The summed E-state index contributed by atoms with van der Waals surface area (Å²) in [4.78, 5) is 12.7. The fourth-order valence-electron chi connectivity index (χ4n) is 4.64. The summed E-state index contributed by atoms with van der Waals surface area (Å²) in [7, 11) is 1.46. The third-order valence-corrected chi connectivity index (χ3v) is 7.62. The lowest BCUT2D eigenvalue weighted by Crippen LogP contribution is -2.32. The van der Waals surface area contributed by atoms with Crippen LogP contribution in [0.15, 0.2) is 24.3 Å². The first-order valence-electron chi connectivity index (χ1n) is 9.28. The van der Waals surface area contributed by atoms with Crippen LogP contribution in [0, 0.1) is 11.8 Å². The Morgan fingerprint density at radius 3 is 2.55 bits per heavy atom. The van der Waals surface area contributed by atoms with Crippen molar-refractivity contribution in [3.8, 4) is 23.0 Å². The molecule has 0 spiro atoms. The molecule has 8 heteroatoms. The van der Waals surface area contributed by atoms with Crippen molar-refractivity contribution >= 4 is 28.6 Å². The van der Waals surface area contributed by atoms with Gasteiger partial charge in [-0.25, -0.2) is 0 Å². The number of benzene rings is 2. The number of halogens is 1. The lowest BCUT2D eigenvalue weighted by atomic mass is 9.67. The predicted molar refractivity (Wildman–Crippen MR) is 110 cm³/mol. The molecule has 2 aromatic rings. The smallest absolute Gasteiger partial charge is 0.310 e. The summed E-state index contributed by atoms with van der Waals surface area (Å²) < 4.78 is 22.0. The van der Waals surface area contributed by atoms with Crippen molar-refractivity contribution in [3.05, 3.63) is 46.5 Å². The van der Waals surface area contributed by atoms with Crippen LogP contribution in [-0.4, -0.2) is 36.7 Å². The van der Waals surface area contributed by atoms with E-state index < -0.39 is 0 Å². The Morgan fingerprint density at radius 2 is 1.86 bits per heavy atom. The third kappa shape index (κ3) is 2.76. The molecular formula is C21H19IO7. The average Bonchev–Trinajstić information content (AvgIpc) is 3.34. The van der Waals surface area contributed by atoms with Crippen molar-refractivity contribution in [2.24, 2.45) is 11.8 Å². The summed E-state index contributed by atoms with van der Waals surface area (Å²) in [6.45, 7) is 0.194. The molecule has 0 unspecified atom stereocenters. The first-order valence-corrected chi connectivity index (χ1v) is 10.5. The van der Waals surface area contributed by atoms with Crippen LogP contribution in [0.2, 0.25) is 0 Å². The van der Waals surface area contributed by atoms with Gasteiger partial charge in [0, 0.05) is 21.3 Å². The number of hydrogen-bond donors (Lipinski definition) is 2. The molecule has 29 heavy (non-hydrogen) atoms. The van der Waals surface area contributed by atoms with Crippen LogP contribution >= 0.6 is 22.6 Å². The van der Waals surface area contributed by atoms with E-state index in [-0.39, 0.29) is 52.5 Å². The van der Waals surface area contributed by atoms with Gasteiger partial charge in [-0.15, -0.1) is 0 Å². The molecule has 7 nitrogen and oxygen atoms in total. The molecule has 0 bridgehead atoms. The van der Waals surface area contributed by atoms with Crippen LogP contribution in [0.25, 0.3) is 0 Å². The van der Waals surface area contributed by atoms with Crippen LogP contribution in [0.4, 0.5) is 0 Å². The highest BCUT2D eigenvalue weighted by molar-refractivity contribution is 14.1. The van der Waals surface area contributed by atoms with Crippen molar-refractivity contribution in [2.45, 2.75) is 16.4 Å². The monoisotopic (exact) mass is 510 g/mol. The van der Waals surface area contributed by atoms with Crippen molar-refractivity contribution in [1.29, 1.82) is 0 Å². The largest absolute Gasteiger partial charge is 0.504 e. The van der Waals surface area contributed by atoms with E-state index in [0.717, 1.165) is 16.7 Å². The Labute approximate surface area is 180 Å². The Bertz CT molecular complexity index is 980. The standard InChI is InChI=1S/C21H19IO7/c1-26-16-3-9(2-10(6-23)20(16)24)17-11-4-14-15(29-8-28-14)5-12(11)19(22)13-7-27-21(25)18(13)17/h2-5,13,17-19,23-24H,6-8H2,1H3/t13-,17+,18-,19+/m0/s1. The van der Waals surface area contributed by atoms with Crippen molar-refractivity contribution in [2.75, 3.05) is 20.5 Å². The number of hydrogen-bond acceptors (Lipinski definition) is 7. The molecule has 3 aliphatic rings. The normalized spacial score (nSPS) is 26.7. The summed E-state index contributed by atoms with van der Waals surface area (Å²) in [6, 6.07) is 7.38. The van der Waals surface area contributed by atoms with E-state index in [9.17, 15) is 15.0 Å². The topological polar surface area (TPSA) is 94.5 Å². The lowest BCUT2D eigenvalue weighted by Gasteiger charge is -2.37. The first-order chi connectivity index (χ1) is 14.0. The first kappa shape index (κ1) is 18.8. The fourth-order valence-corrected chi connectivity index (χ4v) is 5.83. The van der Waals surface area contributed by atoms with E-state index >= 15 is 0 Å². The zero-order valence-corrected chi connectivity index (χ0v) is 17.7. The van der Waals surface area contributed by atoms with Crippen LogP contribution in [0.5, 0.6) is 23.0 Å². The number of ether oxygens (including phenoxy) is 4. The number of phenols is 1. The molecule has 0 radical (unpaired) electrons. The summed E-state index contributed by atoms with van der Waals surface area (Å²) in [6.07, 6.45) is 0. The highest BCUT2D eigenvalue weighted by atomic mass is 127. The van der Waals surface area contributed by atoms with Crippen LogP contribution in [0.3, 0.4) is 0 Å². The molecule has 152 valence electrons. The minimum absolute atomic E-state index is 0.0124. The number of cyclic esters (lactones) is 1. The second-order valence-corrected chi connectivity index (χ2v) is 8.76. The molecule has 0 saturated carbocycles. The van der Waals surface area contributed by atoms with Gasteiger partial charge in [-0.05, 0) is 41.0 Å². The number of esters is 1. The maximum Gasteiger partial charge on any atom is 0.310 e. The van der Waals surface area contributed by atoms with Gasteiger partial charge < -0.3 is 29.2 Å². The van der Waals surface area contributed by atoms with Gasteiger partial charge in [0.15, 0.2) is 23.0 Å². The minimum atomic E-state index is -0.370. The van der Waals surface area contributed by atoms with E-state index in [1.807, 2.05) is 12.1 Å². The van der Waals surface area contributed by atoms with E-state index in [0.29, 0.717) is 23.7 Å². The predicted octanol–water partition coefficient (Wildman–Crippen LogP) is 3.03. The molecule has 0 amide bonds. The number of rotatable bonds is 3. The molecular weight excluding hydrogens is 491 g/mol. The third-order valence-electron chi connectivity index (χ3n) is 6.02. The zero-order chi connectivity index (χ0) is 20.3. The number of carbonyl (C=O) groups excluding carboxylic acids is 1. The number of aliphatic hydroxyl groups excluding tert-OH is 1. The quantitative estimate of drug-likeness (QED) is 0.373. The highest BCUT2D eigenvalue weighted by Gasteiger charge is 2.51. The molecule has 1 aliphatic carbocycles. The maximum atomic E-state index is 12.7. The van der Waals surface area contributed by atoms with Crippen molar-refractivity contribution in [1.82, 2.24) is 0 Å². The van der Waals surface area contributed by atoms with Gasteiger partial charge in [0.2, 0.25) is 6.79 Å². The molecule has 1 saturated heterocycles. The van der Waals surface area contributed by atoms with Gasteiger partial charge in [-0.2, -0.15) is 0 Å². The van der Waals surface area contributed by atoms with Gasteiger partial charge in [-0.3, -0.25) is 4.79 Å². The van der Waals surface area contributed by atoms with Crippen LogP contribution in [0.1, 0.15) is 32.1 Å². The fraction of sp³-hybridized carbons (Fsp3) is 0.381. The van der Waals surface area contributed by atoms with Gasteiger partial charge in [-0.1, -0.05) is 22.6 Å². The molecule has 2 aliphatic heterocycles. The SMILES string of the molecule is COc1cc([C@@H]2c3cc4c(cc3[C@@H](I)[C@H]3COC(=O)[C@H]23)OCO4)cc(CO)c1O. The maximum absolute atomic E-state index is 12.7. The number of alkyl halides is 1. The number of aliphatic hydroxyl groups is 1. The van der Waals surface area contributed by atoms with Crippen LogP contribution in [-0.2, 0) is 16.1 Å². The molecule has 4 atom stereocenters. The molecule has 1 fully saturated rings. The van der Waals surface area contributed by atoms with Gasteiger partial charge in [0.1, 0.15) is 0 Å². The average molecular weight is 510 g/mol. The molecule has 0 aromatic heterocycles. The summed E-state index contributed by atoms with van der Waals surface area (Å²) in [5.74, 6) is 0.602. The van der Waals surface area contributed by atoms with Gasteiger partial charge in [0.05, 0.1) is 26.2 Å². The molecule has 2 aromatic carbocycles. The zero-order valence-electron chi connectivity index (χ0n) is 15.6. The minimum Gasteiger partial charge on any atom is -0.504 e. The number of aromatic hydroxyl groups is 1. The summed E-state index contributed by atoms with van der Waals surface area (Å²) in [5.41, 5.74) is 3.17. The Morgan fingerprint density at radius 1 is 1.14 bits per heavy atom. The van der Waals surface area contributed by atoms with Crippen molar-refractivity contribution in [3.63, 3.8) is 0 Å². The van der Waals surface area contributed by atoms with E-state index in [1.54, 1.807) is 12.1 Å². The van der Waals surface area contributed by atoms with E-state index in [2.05, 4.69) is 22.6 Å². The Kier molecular flexibility index (Phi) is 4.50. The van der Waals surface area contributed by atoms with Gasteiger partial charge in [0.25, 0.3) is 0 Å². The number of methoxy groups -OCH3 is 1. The van der Waals surface area contributed by atoms with Crippen LogP contribution < -0.4 is 14.2 Å². The highest BCUT2D eigenvalue weighted by Crippen LogP contribution is 2.57. The molecule has 5 rings (SSSR count). The lowest BCUT2D eigenvalue weighted by molar-refractivity contribution is -0.141. The molecule has 2 heterocycles. The molecule has 2 N–H and O–H groups in total.